The van der Waals surface area contributed by atoms with Crippen LogP contribution in [-0.4, -0.2) is 48.3 Å². The number of aliphatic hydroxyl groups excluding tert-OH is 1. The van der Waals surface area contributed by atoms with Crippen LogP contribution >= 0.6 is 0 Å². The van der Waals surface area contributed by atoms with E-state index in [4.69, 9.17) is 18.9 Å². The van der Waals surface area contributed by atoms with Crippen molar-refractivity contribution in [3.63, 3.8) is 0 Å². The van der Waals surface area contributed by atoms with Gasteiger partial charge in [-0.2, -0.15) is 0 Å². The molecule has 2 saturated heterocycles. The Balaban J connectivity index is 1.40. The Hall–Kier alpha value is -2.97. The van der Waals surface area contributed by atoms with Crippen molar-refractivity contribution in [2.45, 2.75) is 43.9 Å². The highest BCUT2D eigenvalue weighted by Gasteiger charge is 2.50. The predicted molar refractivity (Wildman–Crippen MR) is 117 cm³/mol. The number of fused-ring (bicyclic) bond motifs is 2. The summed E-state index contributed by atoms with van der Waals surface area (Å²) >= 11 is 0. The molecular weight excluding hydrogens is 410 g/mol. The summed E-state index contributed by atoms with van der Waals surface area (Å²) in [6, 6.07) is 22.3. The SMILES string of the molecule is CC(=O)N[C@H]1[C@@H](Oc2cccc3ccccc23)O[C@H]2CO[C@H](c3ccccc3)O[C@H]2[C@H]1O. The highest BCUT2D eigenvalue weighted by molar-refractivity contribution is 5.88. The van der Waals surface area contributed by atoms with E-state index >= 15 is 0 Å². The maximum Gasteiger partial charge on any atom is 0.223 e. The molecule has 0 bridgehead atoms. The van der Waals surface area contributed by atoms with Crippen LogP contribution in [0.15, 0.2) is 72.8 Å². The molecule has 2 aliphatic rings. The first-order valence-corrected chi connectivity index (χ1v) is 10.7. The fourth-order valence-corrected chi connectivity index (χ4v) is 4.28. The van der Waals surface area contributed by atoms with E-state index in [1.807, 2.05) is 72.8 Å². The maximum absolute atomic E-state index is 11.9. The quantitative estimate of drug-likeness (QED) is 0.656. The zero-order chi connectivity index (χ0) is 22.1. The van der Waals surface area contributed by atoms with E-state index in [1.54, 1.807) is 0 Å². The molecule has 0 aliphatic carbocycles. The van der Waals surface area contributed by atoms with Gasteiger partial charge in [-0.1, -0.05) is 66.7 Å². The molecule has 166 valence electrons. The van der Waals surface area contributed by atoms with Crippen molar-refractivity contribution >= 4 is 16.7 Å². The molecule has 0 radical (unpaired) electrons. The van der Waals surface area contributed by atoms with Crippen LogP contribution < -0.4 is 10.1 Å². The Morgan fingerprint density at radius 1 is 1.00 bits per heavy atom. The third-order valence-corrected chi connectivity index (χ3v) is 5.80. The molecule has 7 nitrogen and oxygen atoms in total. The second-order valence-electron chi connectivity index (χ2n) is 8.03. The summed E-state index contributed by atoms with van der Waals surface area (Å²) in [5, 5.41) is 15.9. The second-order valence-corrected chi connectivity index (χ2v) is 8.03. The minimum Gasteiger partial charge on any atom is -0.462 e. The summed E-state index contributed by atoms with van der Waals surface area (Å²) in [4.78, 5) is 11.9. The van der Waals surface area contributed by atoms with Gasteiger partial charge in [0, 0.05) is 17.9 Å². The molecule has 0 aromatic heterocycles. The normalized spacial score (nSPS) is 29.8. The van der Waals surface area contributed by atoms with Crippen molar-refractivity contribution in [2.75, 3.05) is 6.61 Å². The molecule has 2 fully saturated rings. The highest BCUT2D eigenvalue weighted by atomic mass is 16.7. The van der Waals surface area contributed by atoms with Crippen LogP contribution in [-0.2, 0) is 19.0 Å². The van der Waals surface area contributed by atoms with Crippen LogP contribution in [0.3, 0.4) is 0 Å². The van der Waals surface area contributed by atoms with Crippen molar-refractivity contribution in [2.24, 2.45) is 0 Å². The number of nitrogens with one attached hydrogen (secondary N) is 1. The van der Waals surface area contributed by atoms with E-state index < -0.39 is 36.9 Å². The lowest BCUT2D eigenvalue weighted by molar-refractivity contribution is -0.333. The van der Waals surface area contributed by atoms with Crippen molar-refractivity contribution in [3.8, 4) is 5.75 Å². The van der Waals surface area contributed by atoms with Gasteiger partial charge in [-0.25, -0.2) is 0 Å². The third kappa shape index (κ3) is 4.08. The van der Waals surface area contributed by atoms with Gasteiger partial charge in [-0.3, -0.25) is 4.79 Å². The number of benzene rings is 3. The lowest BCUT2D eigenvalue weighted by Gasteiger charge is -2.47. The van der Waals surface area contributed by atoms with E-state index in [2.05, 4.69) is 5.32 Å². The number of carbonyl (C=O) groups is 1. The van der Waals surface area contributed by atoms with Gasteiger partial charge in [0.2, 0.25) is 12.2 Å². The molecule has 0 unspecified atom stereocenters. The summed E-state index contributed by atoms with van der Waals surface area (Å²) in [6.07, 6.45) is -3.81. The first-order valence-electron chi connectivity index (χ1n) is 10.7. The van der Waals surface area contributed by atoms with Gasteiger partial charge in [0.25, 0.3) is 0 Å². The van der Waals surface area contributed by atoms with Crippen LogP contribution in [0.25, 0.3) is 10.8 Å². The smallest absolute Gasteiger partial charge is 0.223 e. The average molecular weight is 435 g/mol. The standard InChI is InChI=1S/C25H25NO6/c1-15(27)26-21-22(28)23-20(14-29-24(32-23)17-9-3-2-4-10-17)31-25(21)30-19-13-7-11-16-8-5-6-12-18(16)19/h2-13,20-25,28H,14H2,1H3,(H,26,27)/t20-,21+,22-,23+,24-,25-/m0/s1. The third-order valence-electron chi connectivity index (χ3n) is 5.80. The minimum absolute atomic E-state index is 0.226. The van der Waals surface area contributed by atoms with E-state index in [-0.39, 0.29) is 12.5 Å². The first kappa shape index (κ1) is 20.9. The average Bonchev–Trinajstić information content (AvgIpc) is 2.82. The Morgan fingerprint density at radius 2 is 1.75 bits per heavy atom. The van der Waals surface area contributed by atoms with Crippen LogP contribution in [0.2, 0.25) is 0 Å². The highest BCUT2D eigenvalue weighted by Crippen LogP contribution is 2.36. The molecule has 1 amide bonds. The van der Waals surface area contributed by atoms with Crippen molar-refractivity contribution in [3.05, 3.63) is 78.4 Å². The Kier molecular flexibility index (Phi) is 5.80. The molecule has 2 heterocycles. The number of ether oxygens (including phenoxy) is 4. The zero-order valence-corrected chi connectivity index (χ0v) is 17.6. The summed E-state index contributed by atoms with van der Waals surface area (Å²) < 4.78 is 24.3. The van der Waals surface area contributed by atoms with Gasteiger partial charge >= 0.3 is 0 Å². The molecule has 3 aromatic carbocycles. The maximum atomic E-state index is 11.9. The Morgan fingerprint density at radius 3 is 2.56 bits per heavy atom. The topological polar surface area (TPSA) is 86.3 Å². The van der Waals surface area contributed by atoms with E-state index in [0.29, 0.717) is 5.75 Å². The van der Waals surface area contributed by atoms with E-state index in [0.717, 1.165) is 16.3 Å². The molecule has 0 saturated carbocycles. The van der Waals surface area contributed by atoms with Gasteiger partial charge in [0.05, 0.1) is 6.61 Å². The summed E-state index contributed by atoms with van der Waals surface area (Å²) in [7, 11) is 0. The molecular formula is C25H25NO6. The molecule has 5 rings (SSSR count). The van der Waals surface area contributed by atoms with Gasteiger partial charge in [0.15, 0.2) is 6.29 Å². The number of hydrogen-bond donors (Lipinski definition) is 2. The van der Waals surface area contributed by atoms with Gasteiger partial charge in [-0.05, 0) is 11.5 Å². The second kappa shape index (κ2) is 8.88. The number of amides is 1. The molecule has 2 aliphatic heterocycles. The first-order chi connectivity index (χ1) is 15.6. The van der Waals surface area contributed by atoms with Crippen LogP contribution in [0.5, 0.6) is 5.75 Å². The summed E-state index contributed by atoms with van der Waals surface area (Å²) in [5.41, 5.74) is 0.850. The van der Waals surface area contributed by atoms with E-state index in [9.17, 15) is 9.90 Å². The van der Waals surface area contributed by atoms with Crippen molar-refractivity contribution in [1.82, 2.24) is 5.32 Å². The van der Waals surface area contributed by atoms with Gasteiger partial charge in [0.1, 0.15) is 30.1 Å². The van der Waals surface area contributed by atoms with E-state index in [1.165, 1.54) is 6.92 Å². The fourth-order valence-electron chi connectivity index (χ4n) is 4.28. The number of rotatable bonds is 4. The molecule has 3 aromatic rings. The van der Waals surface area contributed by atoms with Crippen molar-refractivity contribution < 1.29 is 28.8 Å². The number of carbonyl (C=O) groups excluding carboxylic acids is 1. The molecule has 7 heteroatoms. The predicted octanol–water partition coefficient (Wildman–Crippen LogP) is 2.92. The Labute approximate surface area is 185 Å². The van der Waals surface area contributed by atoms with Crippen LogP contribution in [0.4, 0.5) is 0 Å². The lowest BCUT2D eigenvalue weighted by Crippen LogP contribution is -2.67. The molecule has 32 heavy (non-hydrogen) atoms. The minimum atomic E-state index is -1.05. The Bertz CT molecular complexity index is 1080. The number of aliphatic hydroxyl groups is 1. The van der Waals surface area contributed by atoms with Gasteiger partial charge in [-0.15, -0.1) is 0 Å². The lowest BCUT2D eigenvalue weighted by atomic mass is 9.95. The molecule has 2 N–H and O–H groups in total. The fraction of sp³-hybridized carbons (Fsp3) is 0.320. The van der Waals surface area contributed by atoms with Gasteiger partial charge < -0.3 is 29.4 Å². The zero-order valence-electron chi connectivity index (χ0n) is 17.6. The number of hydrogen-bond acceptors (Lipinski definition) is 6. The molecule has 6 atom stereocenters. The summed E-state index contributed by atoms with van der Waals surface area (Å²) in [6.45, 7) is 1.62. The monoisotopic (exact) mass is 435 g/mol. The van der Waals surface area contributed by atoms with Crippen LogP contribution in [0.1, 0.15) is 18.8 Å². The van der Waals surface area contributed by atoms with Crippen LogP contribution in [0, 0.1) is 0 Å². The largest absolute Gasteiger partial charge is 0.462 e. The summed E-state index contributed by atoms with van der Waals surface area (Å²) in [5.74, 6) is 0.309. The van der Waals surface area contributed by atoms with Crippen molar-refractivity contribution in [1.29, 1.82) is 0 Å². The molecule has 0 spiro atoms.